The van der Waals surface area contributed by atoms with Gasteiger partial charge in [-0.2, -0.15) is 0 Å². The largest absolute Gasteiger partial charge is 0.335 e. The number of imide groups is 1. The van der Waals surface area contributed by atoms with Crippen LogP contribution in [0.15, 0.2) is 29.2 Å². The van der Waals surface area contributed by atoms with E-state index in [1.807, 2.05) is 31.2 Å². The first-order valence-corrected chi connectivity index (χ1v) is 7.27. The zero-order chi connectivity index (χ0) is 13.8. The Morgan fingerprint density at radius 2 is 2.11 bits per heavy atom. The summed E-state index contributed by atoms with van der Waals surface area (Å²) in [7, 11) is 0. The van der Waals surface area contributed by atoms with Crippen molar-refractivity contribution in [3.8, 4) is 0 Å². The van der Waals surface area contributed by atoms with Crippen molar-refractivity contribution in [2.24, 2.45) is 0 Å². The van der Waals surface area contributed by atoms with Crippen molar-refractivity contribution in [2.75, 3.05) is 0 Å². The molecule has 1 aromatic rings. The number of amides is 3. The van der Waals surface area contributed by atoms with Crippen molar-refractivity contribution in [3.05, 3.63) is 29.8 Å². The zero-order valence-corrected chi connectivity index (χ0v) is 11.9. The van der Waals surface area contributed by atoms with Gasteiger partial charge in [-0.05, 0) is 38.8 Å². The molecule has 0 aliphatic heterocycles. The second kappa shape index (κ2) is 6.10. The second-order valence-electron chi connectivity index (χ2n) is 4.81. The summed E-state index contributed by atoms with van der Waals surface area (Å²) >= 11 is 1.45. The van der Waals surface area contributed by atoms with Gasteiger partial charge in [-0.3, -0.25) is 10.1 Å². The van der Waals surface area contributed by atoms with Crippen LogP contribution < -0.4 is 10.6 Å². The molecule has 1 aliphatic carbocycles. The van der Waals surface area contributed by atoms with Crippen molar-refractivity contribution in [1.82, 2.24) is 10.6 Å². The molecule has 102 valence electrons. The maximum Gasteiger partial charge on any atom is 0.321 e. The monoisotopic (exact) mass is 278 g/mol. The minimum Gasteiger partial charge on any atom is -0.335 e. The molecule has 1 atom stereocenters. The molecule has 0 radical (unpaired) electrons. The Labute approximate surface area is 117 Å². The van der Waals surface area contributed by atoms with E-state index < -0.39 is 0 Å². The van der Waals surface area contributed by atoms with Crippen molar-refractivity contribution >= 4 is 23.7 Å². The van der Waals surface area contributed by atoms with E-state index in [0.29, 0.717) is 0 Å². The average molecular weight is 278 g/mol. The standard InChI is InChI=1S/C14H18N2O2S/c1-9-4-3-5-12(8-9)19-10(2)13(17)16-14(18)15-11-6-7-11/h3-5,8,10-11H,6-7H2,1-2H3,(H2,15,16,17,18)/t10-/m0/s1. The molecule has 1 saturated carbocycles. The van der Waals surface area contributed by atoms with Gasteiger partial charge in [0.25, 0.3) is 0 Å². The number of thioether (sulfide) groups is 1. The highest BCUT2D eigenvalue weighted by Gasteiger charge is 2.25. The molecule has 5 heteroatoms. The maximum absolute atomic E-state index is 11.9. The van der Waals surface area contributed by atoms with Gasteiger partial charge in [0.2, 0.25) is 5.91 Å². The van der Waals surface area contributed by atoms with Gasteiger partial charge in [-0.1, -0.05) is 17.7 Å². The van der Waals surface area contributed by atoms with Gasteiger partial charge in [0, 0.05) is 10.9 Å². The molecule has 2 rings (SSSR count). The van der Waals surface area contributed by atoms with Gasteiger partial charge in [0.15, 0.2) is 0 Å². The molecular weight excluding hydrogens is 260 g/mol. The predicted molar refractivity (Wildman–Crippen MR) is 76.2 cm³/mol. The van der Waals surface area contributed by atoms with Gasteiger partial charge < -0.3 is 5.32 Å². The van der Waals surface area contributed by atoms with Crippen LogP contribution in [0.2, 0.25) is 0 Å². The lowest BCUT2D eigenvalue weighted by molar-refractivity contribution is -0.119. The summed E-state index contributed by atoms with van der Waals surface area (Å²) in [5, 5.41) is 4.81. The lowest BCUT2D eigenvalue weighted by atomic mass is 10.2. The van der Waals surface area contributed by atoms with Crippen LogP contribution in [0.5, 0.6) is 0 Å². The number of nitrogens with one attached hydrogen (secondary N) is 2. The number of hydrogen-bond donors (Lipinski definition) is 2. The van der Waals surface area contributed by atoms with Gasteiger partial charge in [-0.15, -0.1) is 11.8 Å². The molecule has 0 unspecified atom stereocenters. The van der Waals surface area contributed by atoms with Crippen LogP contribution >= 0.6 is 11.8 Å². The Balaban J connectivity index is 1.82. The first-order valence-electron chi connectivity index (χ1n) is 6.39. The van der Waals surface area contributed by atoms with Gasteiger partial charge in [-0.25, -0.2) is 4.79 Å². The lowest BCUT2D eigenvalue weighted by Crippen LogP contribution is -2.43. The molecule has 4 nitrogen and oxygen atoms in total. The Morgan fingerprint density at radius 1 is 1.37 bits per heavy atom. The van der Waals surface area contributed by atoms with E-state index in [1.54, 1.807) is 6.92 Å². The van der Waals surface area contributed by atoms with Crippen LogP contribution in [-0.4, -0.2) is 23.2 Å². The highest BCUT2D eigenvalue weighted by Crippen LogP contribution is 2.24. The van der Waals surface area contributed by atoms with Crippen molar-refractivity contribution < 1.29 is 9.59 Å². The topological polar surface area (TPSA) is 58.2 Å². The van der Waals surface area contributed by atoms with Crippen LogP contribution in [0.25, 0.3) is 0 Å². The van der Waals surface area contributed by atoms with E-state index >= 15 is 0 Å². The predicted octanol–water partition coefficient (Wildman–Crippen LogP) is 2.46. The van der Waals surface area contributed by atoms with Crippen LogP contribution in [0.1, 0.15) is 25.3 Å². The summed E-state index contributed by atoms with van der Waals surface area (Å²) in [5.41, 5.74) is 1.16. The van der Waals surface area contributed by atoms with Crippen LogP contribution in [0.4, 0.5) is 4.79 Å². The first-order chi connectivity index (χ1) is 9.04. The number of aryl methyl sites for hydroxylation is 1. The maximum atomic E-state index is 11.9. The molecule has 0 heterocycles. The summed E-state index contributed by atoms with van der Waals surface area (Å²) in [6.07, 6.45) is 2.02. The van der Waals surface area contributed by atoms with E-state index in [2.05, 4.69) is 10.6 Å². The fourth-order valence-corrected chi connectivity index (χ4v) is 2.59. The fourth-order valence-electron chi connectivity index (χ4n) is 1.61. The lowest BCUT2D eigenvalue weighted by Gasteiger charge is -2.12. The Bertz CT molecular complexity index is 486. The smallest absolute Gasteiger partial charge is 0.321 e. The van der Waals surface area contributed by atoms with Crippen LogP contribution in [-0.2, 0) is 4.79 Å². The van der Waals surface area contributed by atoms with Gasteiger partial charge >= 0.3 is 6.03 Å². The van der Waals surface area contributed by atoms with Crippen molar-refractivity contribution in [3.63, 3.8) is 0 Å². The van der Waals surface area contributed by atoms with E-state index in [1.165, 1.54) is 11.8 Å². The summed E-state index contributed by atoms with van der Waals surface area (Å²) < 4.78 is 0. The fraction of sp³-hybridized carbons (Fsp3) is 0.429. The molecule has 19 heavy (non-hydrogen) atoms. The van der Waals surface area contributed by atoms with E-state index in [0.717, 1.165) is 23.3 Å². The quantitative estimate of drug-likeness (QED) is 0.832. The summed E-state index contributed by atoms with van der Waals surface area (Å²) in [4.78, 5) is 24.3. The van der Waals surface area contributed by atoms with Gasteiger partial charge in [0.1, 0.15) is 0 Å². The molecule has 2 N–H and O–H groups in total. The molecule has 0 bridgehead atoms. The number of rotatable bonds is 4. The third-order valence-corrected chi connectivity index (χ3v) is 3.91. The molecule has 0 saturated heterocycles. The molecule has 0 spiro atoms. The summed E-state index contributed by atoms with van der Waals surface area (Å²) in [5.74, 6) is -0.260. The number of carbonyl (C=O) groups is 2. The van der Waals surface area contributed by atoms with Crippen LogP contribution in [0.3, 0.4) is 0 Å². The number of benzene rings is 1. The molecule has 1 aromatic carbocycles. The minimum absolute atomic E-state index is 0.257. The van der Waals surface area contributed by atoms with Crippen LogP contribution in [0, 0.1) is 6.92 Å². The average Bonchev–Trinajstić information content (AvgIpc) is 3.12. The highest BCUT2D eigenvalue weighted by molar-refractivity contribution is 8.00. The SMILES string of the molecule is Cc1cccc(S[C@@H](C)C(=O)NC(=O)NC2CC2)c1. The number of urea groups is 1. The minimum atomic E-state index is -0.385. The third kappa shape index (κ3) is 4.59. The van der Waals surface area contributed by atoms with Gasteiger partial charge in [0.05, 0.1) is 5.25 Å². The third-order valence-electron chi connectivity index (χ3n) is 2.82. The molecule has 1 aliphatic rings. The van der Waals surface area contributed by atoms with Crippen molar-refractivity contribution in [2.45, 2.75) is 42.9 Å². The number of carbonyl (C=O) groups excluding carboxylic acids is 2. The van der Waals surface area contributed by atoms with Crippen molar-refractivity contribution in [1.29, 1.82) is 0 Å². The summed E-state index contributed by atoms with van der Waals surface area (Å²) in [6.45, 7) is 3.81. The van der Waals surface area contributed by atoms with E-state index in [-0.39, 0.29) is 23.2 Å². The van der Waals surface area contributed by atoms with E-state index in [9.17, 15) is 9.59 Å². The Hall–Kier alpha value is -1.49. The summed E-state index contributed by atoms with van der Waals surface area (Å²) in [6, 6.07) is 7.83. The second-order valence-corrected chi connectivity index (χ2v) is 6.23. The molecule has 3 amide bonds. The van der Waals surface area contributed by atoms with E-state index in [4.69, 9.17) is 0 Å². The molecular formula is C14H18N2O2S. The first kappa shape index (κ1) is 13.9. The normalized spacial score (nSPS) is 15.7. The Morgan fingerprint density at radius 3 is 2.74 bits per heavy atom. The number of hydrogen-bond acceptors (Lipinski definition) is 3. The Kier molecular flexibility index (Phi) is 4.47. The molecule has 0 aromatic heterocycles. The highest BCUT2D eigenvalue weighted by atomic mass is 32.2. The molecule has 1 fully saturated rings. The zero-order valence-electron chi connectivity index (χ0n) is 11.1.